The molecular formula is C28H21BrClNO3. The van der Waals surface area contributed by atoms with Crippen molar-refractivity contribution in [3.05, 3.63) is 93.5 Å². The Balaban J connectivity index is 1.76. The molecule has 1 aromatic heterocycles. The van der Waals surface area contributed by atoms with Gasteiger partial charge in [0, 0.05) is 39.7 Å². The standard InChI is InChI=1S/C28H21BrClNO3/c1-16(32)34-15-18-13-24-22(25-14-20(30)11-12-31-25)3-2-4-23(24)28-26(33)10-9-21(27(18)28)17-5-7-19(29)8-6-17/h2-12,14,18,33H,13,15H2,1H3. The highest BCUT2D eigenvalue weighted by atomic mass is 79.9. The van der Waals surface area contributed by atoms with E-state index in [4.69, 9.17) is 16.3 Å². The third kappa shape index (κ3) is 4.22. The molecule has 0 radical (unpaired) electrons. The van der Waals surface area contributed by atoms with Crippen LogP contribution in [0.15, 0.2) is 77.4 Å². The first kappa shape index (κ1) is 22.6. The van der Waals surface area contributed by atoms with Crippen molar-refractivity contribution in [1.29, 1.82) is 0 Å². The van der Waals surface area contributed by atoms with Crippen molar-refractivity contribution in [2.75, 3.05) is 6.61 Å². The minimum atomic E-state index is -0.331. The van der Waals surface area contributed by atoms with Gasteiger partial charge in [0.25, 0.3) is 0 Å². The van der Waals surface area contributed by atoms with Gasteiger partial charge in [-0.1, -0.05) is 63.9 Å². The molecule has 0 fully saturated rings. The van der Waals surface area contributed by atoms with Crippen LogP contribution in [0.3, 0.4) is 0 Å². The Bertz CT molecular complexity index is 1400. The van der Waals surface area contributed by atoms with Crippen LogP contribution in [-0.4, -0.2) is 22.7 Å². The van der Waals surface area contributed by atoms with E-state index in [1.54, 1.807) is 18.3 Å². The van der Waals surface area contributed by atoms with Gasteiger partial charge in [0.1, 0.15) is 5.75 Å². The Morgan fingerprint density at radius 3 is 2.59 bits per heavy atom. The minimum absolute atomic E-state index is 0.141. The molecule has 0 saturated heterocycles. The van der Waals surface area contributed by atoms with Crippen LogP contribution in [0.5, 0.6) is 5.75 Å². The van der Waals surface area contributed by atoms with Crippen molar-refractivity contribution in [3.63, 3.8) is 0 Å². The number of hydrogen-bond donors (Lipinski definition) is 1. The predicted molar refractivity (Wildman–Crippen MR) is 138 cm³/mol. The molecule has 0 spiro atoms. The number of ether oxygens (including phenoxy) is 1. The molecule has 1 N–H and O–H groups in total. The topological polar surface area (TPSA) is 59.4 Å². The molecule has 6 heteroatoms. The van der Waals surface area contributed by atoms with Gasteiger partial charge in [0.05, 0.1) is 12.3 Å². The third-order valence-electron chi connectivity index (χ3n) is 6.17. The van der Waals surface area contributed by atoms with Gasteiger partial charge in [-0.25, -0.2) is 0 Å². The predicted octanol–water partition coefficient (Wildman–Crippen LogP) is 7.41. The molecule has 1 heterocycles. The number of nitrogens with zero attached hydrogens (tertiary/aromatic N) is 1. The number of benzene rings is 3. The number of phenolic OH excluding ortho intramolecular Hbond substituents is 1. The Morgan fingerprint density at radius 2 is 1.85 bits per heavy atom. The molecule has 0 aliphatic heterocycles. The monoisotopic (exact) mass is 533 g/mol. The van der Waals surface area contributed by atoms with Crippen LogP contribution in [0.1, 0.15) is 24.0 Å². The van der Waals surface area contributed by atoms with Crippen molar-refractivity contribution in [2.24, 2.45) is 0 Å². The number of hydrogen-bond acceptors (Lipinski definition) is 4. The number of aromatic hydroxyl groups is 1. The number of rotatable bonds is 4. The fourth-order valence-corrected chi connectivity index (χ4v) is 5.16. The summed E-state index contributed by atoms with van der Waals surface area (Å²) >= 11 is 9.76. The highest BCUT2D eigenvalue weighted by Crippen LogP contribution is 2.50. The normalized spacial score (nSPS) is 14.3. The number of halogens is 2. The number of pyridine rings is 1. The van der Waals surface area contributed by atoms with E-state index in [1.165, 1.54) is 6.92 Å². The van der Waals surface area contributed by atoms with Gasteiger partial charge in [-0.15, -0.1) is 0 Å². The minimum Gasteiger partial charge on any atom is -0.507 e. The van der Waals surface area contributed by atoms with E-state index < -0.39 is 0 Å². The van der Waals surface area contributed by atoms with Crippen LogP contribution >= 0.6 is 27.5 Å². The number of carbonyl (C=O) groups is 1. The van der Waals surface area contributed by atoms with Gasteiger partial charge >= 0.3 is 5.97 Å². The first-order valence-corrected chi connectivity index (χ1v) is 12.1. The van der Waals surface area contributed by atoms with Crippen molar-refractivity contribution >= 4 is 33.5 Å². The molecule has 170 valence electrons. The maximum atomic E-state index is 11.7. The summed E-state index contributed by atoms with van der Waals surface area (Å²) in [6, 6.07) is 21.3. The Morgan fingerprint density at radius 1 is 1.09 bits per heavy atom. The summed E-state index contributed by atoms with van der Waals surface area (Å²) in [5, 5.41) is 11.7. The van der Waals surface area contributed by atoms with E-state index >= 15 is 0 Å². The van der Waals surface area contributed by atoms with Gasteiger partial charge < -0.3 is 9.84 Å². The van der Waals surface area contributed by atoms with Gasteiger partial charge in [-0.05, 0) is 64.6 Å². The van der Waals surface area contributed by atoms with E-state index in [9.17, 15) is 9.90 Å². The quantitative estimate of drug-likeness (QED) is 0.277. The summed E-state index contributed by atoms with van der Waals surface area (Å²) in [6.07, 6.45) is 2.32. The molecule has 4 aromatic rings. The van der Waals surface area contributed by atoms with E-state index in [0.717, 1.165) is 49.1 Å². The van der Waals surface area contributed by atoms with Crippen LogP contribution in [0.25, 0.3) is 33.5 Å². The first-order chi connectivity index (χ1) is 16.4. The molecule has 1 unspecified atom stereocenters. The van der Waals surface area contributed by atoms with Gasteiger partial charge in [-0.2, -0.15) is 0 Å². The molecule has 3 aromatic carbocycles. The van der Waals surface area contributed by atoms with Crippen LogP contribution in [0, 0.1) is 0 Å². The lowest BCUT2D eigenvalue weighted by Crippen LogP contribution is -2.20. The van der Waals surface area contributed by atoms with Gasteiger partial charge in [-0.3, -0.25) is 9.78 Å². The lowest BCUT2D eigenvalue weighted by Gasteiger charge is -2.31. The summed E-state index contributed by atoms with van der Waals surface area (Å²) < 4.78 is 6.49. The van der Waals surface area contributed by atoms with Crippen molar-refractivity contribution < 1.29 is 14.6 Å². The summed E-state index contributed by atoms with van der Waals surface area (Å²) in [6.45, 7) is 1.63. The maximum absolute atomic E-state index is 11.7. The van der Waals surface area contributed by atoms with Gasteiger partial charge in [0.2, 0.25) is 0 Å². The molecule has 5 rings (SSSR count). The summed E-state index contributed by atoms with van der Waals surface area (Å²) in [7, 11) is 0. The fraction of sp³-hybridized carbons (Fsp3) is 0.143. The average molecular weight is 535 g/mol. The number of fused-ring (bicyclic) bond motifs is 3. The van der Waals surface area contributed by atoms with Crippen molar-refractivity contribution in [1.82, 2.24) is 4.98 Å². The highest BCUT2D eigenvalue weighted by molar-refractivity contribution is 9.10. The van der Waals surface area contributed by atoms with Crippen LogP contribution in [0.4, 0.5) is 0 Å². The number of carbonyl (C=O) groups excluding carboxylic acids is 1. The zero-order valence-corrected chi connectivity index (χ0v) is 20.7. The molecule has 0 amide bonds. The maximum Gasteiger partial charge on any atom is 0.302 e. The lowest BCUT2D eigenvalue weighted by molar-refractivity contribution is -0.141. The Kier molecular flexibility index (Phi) is 6.15. The van der Waals surface area contributed by atoms with Crippen molar-refractivity contribution in [3.8, 4) is 39.3 Å². The summed E-state index contributed by atoms with van der Waals surface area (Å²) in [5.41, 5.74) is 7.50. The largest absolute Gasteiger partial charge is 0.507 e. The Hall–Kier alpha value is -3.15. The van der Waals surface area contributed by atoms with E-state index in [2.05, 4.69) is 20.9 Å². The van der Waals surface area contributed by atoms with E-state index in [1.807, 2.05) is 54.6 Å². The third-order valence-corrected chi connectivity index (χ3v) is 6.93. The second kappa shape index (κ2) is 9.24. The smallest absolute Gasteiger partial charge is 0.302 e. The van der Waals surface area contributed by atoms with E-state index in [0.29, 0.717) is 11.4 Å². The van der Waals surface area contributed by atoms with E-state index in [-0.39, 0.29) is 24.2 Å². The number of phenols is 1. The molecule has 0 saturated carbocycles. The molecule has 4 nitrogen and oxygen atoms in total. The molecular weight excluding hydrogens is 514 g/mol. The molecule has 1 atom stereocenters. The summed E-state index contributed by atoms with van der Waals surface area (Å²) in [4.78, 5) is 16.3. The van der Waals surface area contributed by atoms with Crippen LogP contribution in [0.2, 0.25) is 5.02 Å². The highest BCUT2D eigenvalue weighted by Gasteiger charge is 2.32. The lowest BCUT2D eigenvalue weighted by atomic mass is 9.74. The van der Waals surface area contributed by atoms with Gasteiger partial charge in [0.15, 0.2) is 0 Å². The zero-order valence-electron chi connectivity index (χ0n) is 18.4. The zero-order chi connectivity index (χ0) is 23.8. The summed E-state index contributed by atoms with van der Waals surface area (Å²) in [5.74, 6) is -0.277. The van der Waals surface area contributed by atoms with Crippen LogP contribution in [-0.2, 0) is 16.0 Å². The first-order valence-electron chi connectivity index (χ1n) is 10.9. The molecule has 0 bridgehead atoms. The molecule has 1 aliphatic rings. The second-order valence-electron chi connectivity index (χ2n) is 8.32. The average Bonchev–Trinajstić information content (AvgIpc) is 2.83. The van der Waals surface area contributed by atoms with Crippen molar-refractivity contribution in [2.45, 2.75) is 19.3 Å². The SMILES string of the molecule is CC(=O)OCC1Cc2c(-c3cc(Cl)ccn3)cccc2-c2c(O)ccc(-c3ccc(Br)cc3)c21. The second-order valence-corrected chi connectivity index (χ2v) is 9.67. The number of esters is 1. The molecule has 1 aliphatic carbocycles. The fourth-order valence-electron chi connectivity index (χ4n) is 4.74. The Labute approximate surface area is 211 Å². The molecule has 34 heavy (non-hydrogen) atoms. The van der Waals surface area contributed by atoms with Crippen LogP contribution < -0.4 is 0 Å². The number of aromatic nitrogens is 1.